The van der Waals surface area contributed by atoms with E-state index >= 15 is 0 Å². The largest absolute Gasteiger partial charge is 0.573 e. The Morgan fingerprint density at radius 1 is 1.24 bits per heavy atom. The number of ether oxygens (including phenoxy) is 2. The molecule has 2 amide bonds. The molecule has 0 saturated heterocycles. The number of amides is 2. The molecule has 29 heavy (non-hydrogen) atoms. The number of anilines is 1. The average molecular weight is 409 g/mol. The third-order valence-electron chi connectivity index (χ3n) is 4.65. The minimum atomic E-state index is -4.79. The van der Waals surface area contributed by atoms with Crippen LogP contribution in [0.3, 0.4) is 0 Å². The van der Waals surface area contributed by atoms with Gasteiger partial charge in [-0.05, 0) is 55.0 Å². The Balaban J connectivity index is 1.50. The summed E-state index contributed by atoms with van der Waals surface area (Å²) in [5.41, 5.74) is 1.47. The quantitative estimate of drug-likeness (QED) is 0.754. The first kappa shape index (κ1) is 19.2. The van der Waals surface area contributed by atoms with Crippen LogP contribution in [0.25, 0.3) is 0 Å². The summed E-state index contributed by atoms with van der Waals surface area (Å²) in [7, 11) is 0. The van der Waals surface area contributed by atoms with Crippen molar-refractivity contribution in [1.82, 2.24) is 5.01 Å². The van der Waals surface area contributed by atoms with Crippen LogP contribution in [-0.2, 0) is 11.2 Å². The number of halogens is 4. The molecule has 1 aliphatic heterocycles. The topological polar surface area (TPSA) is 63.2 Å². The fourth-order valence-electron chi connectivity index (χ4n) is 3.34. The zero-order chi connectivity index (χ0) is 20.8. The lowest BCUT2D eigenvalue weighted by Crippen LogP contribution is -2.48. The third kappa shape index (κ3) is 3.88. The highest BCUT2D eigenvalue weighted by atomic mass is 19.4. The molecule has 0 radical (unpaired) electrons. The second-order valence-corrected chi connectivity index (χ2v) is 6.83. The van der Waals surface area contributed by atoms with Gasteiger partial charge < -0.3 is 14.8 Å². The first-order chi connectivity index (χ1) is 13.6. The Labute approximate surface area is 162 Å². The van der Waals surface area contributed by atoms with E-state index in [2.05, 4.69) is 15.2 Å². The van der Waals surface area contributed by atoms with Crippen molar-refractivity contribution in [3.05, 3.63) is 59.4 Å². The maximum atomic E-state index is 13.5. The van der Waals surface area contributed by atoms with Crippen molar-refractivity contribution in [2.45, 2.75) is 25.3 Å². The van der Waals surface area contributed by atoms with E-state index in [4.69, 9.17) is 4.74 Å². The SMILES string of the molecule is CC12Cc3cc(F)ccc3C1=NN(C(=O)Nc1ccc(OC(F)(F)F)cc1)CO2. The van der Waals surface area contributed by atoms with Crippen LogP contribution in [0.1, 0.15) is 18.1 Å². The molecule has 2 aromatic carbocycles. The summed E-state index contributed by atoms with van der Waals surface area (Å²) in [5, 5.41) is 7.96. The summed E-state index contributed by atoms with van der Waals surface area (Å²) in [6.07, 6.45) is -4.35. The molecule has 0 aromatic heterocycles. The Morgan fingerprint density at radius 2 is 1.97 bits per heavy atom. The van der Waals surface area contributed by atoms with Crippen molar-refractivity contribution in [1.29, 1.82) is 0 Å². The van der Waals surface area contributed by atoms with E-state index < -0.39 is 23.7 Å². The Hall–Kier alpha value is -3.14. The average Bonchev–Trinajstić information content (AvgIpc) is 2.92. The summed E-state index contributed by atoms with van der Waals surface area (Å²) in [6, 6.07) is 8.42. The van der Waals surface area contributed by atoms with E-state index in [-0.39, 0.29) is 18.2 Å². The second-order valence-electron chi connectivity index (χ2n) is 6.83. The van der Waals surface area contributed by atoms with Crippen LogP contribution >= 0.6 is 0 Å². The Morgan fingerprint density at radius 3 is 2.66 bits per heavy atom. The van der Waals surface area contributed by atoms with E-state index in [1.165, 1.54) is 24.3 Å². The van der Waals surface area contributed by atoms with E-state index in [9.17, 15) is 22.4 Å². The number of hydrogen-bond donors (Lipinski definition) is 1. The van der Waals surface area contributed by atoms with E-state index in [1.807, 2.05) is 6.92 Å². The maximum absolute atomic E-state index is 13.5. The van der Waals surface area contributed by atoms with Crippen LogP contribution in [0, 0.1) is 5.82 Å². The summed E-state index contributed by atoms with van der Waals surface area (Å²) < 4.78 is 59.8. The molecule has 0 saturated carbocycles. The van der Waals surface area contributed by atoms with Gasteiger partial charge in [0.1, 0.15) is 29.6 Å². The van der Waals surface area contributed by atoms with Gasteiger partial charge in [0.15, 0.2) is 0 Å². The zero-order valence-corrected chi connectivity index (χ0v) is 15.1. The fraction of sp³-hybridized carbons (Fsp3) is 0.263. The molecule has 4 rings (SSSR count). The van der Waals surface area contributed by atoms with Gasteiger partial charge in [-0.25, -0.2) is 9.18 Å². The van der Waals surface area contributed by atoms with Crippen molar-refractivity contribution in [3.8, 4) is 5.75 Å². The van der Waals surface area contributed by atoms with Crippen LogP contribution < -0.4 is 10.1 Å². The lowest BCUT2D eigenvalue weighted by Gasteiger charge is -2.33. The number of rotatable bonds is 2. The molecule has 152 valence electrons. The van der Waals surface area contributed by atoms with Gasteiger partial charge in [-0.1, -0.05) is 0 Å². The molecule has 10 heteroatoms. The number of nitrogens with one attached hydrogen (secondary N) is 1. The van der Waals surface area contributed by atoms with Crippen molar-refractivity contribution < 1.29 is 31.8 Å². The van der Waals surface area contributed by atoms with Crippen molar-refractivity contribution in [3.63, 3.8) is 0 Å². The molecule has 1 unspecified atom stereocenters. The number of hydrazone groups is 1. The van der Waals surface area contributed by atoms with Crippen LogP contribution in [0.5, 0.6) is 5.75 Å². The van der Waals surface area contributed by atoms with Crippen LogP contribution in [-0.4, -0.2) is 35.4 Å². The molecule has 1 N–H and O–H groups in total. The molecule has 0 fully saturated rings. The van der Waals surface area contributed by atoms with Gasteiger partial charge >= 0.3 is 12.4 Å². The third-order valence-corrected chi connectivity index (χ3v) is 4.65. The highest BCUT2D eigenvalue weighted by molar-refractivity contribution is 6.11. The smallest absolute Gasteiger partial charge is 0.406 e. The zero-order valence-electron chi connectivity index (χ0n) is 15.1. The lowest BCUT2D eigenvalue weighted by atomic mass is 10.0. The summed E-state index contributed by atoms with van der Waals surface area (Å²) in [4.78, 5) is 12.5. The molecular formula is C19H15F4N3O3. The maximum Gasteiger partial charge on any atom is 0.573 e. The molecule has 2 aliphatic rings. The van der Waals surface area contributed by atoms with Crippen molar-refractivity contribution in [2.24, 2.45) is 5.10 Å². The van der Waals surface area contributed by atoms with Gasteiger partial charge in [0.2, 0.25) is 0 Å². The Bertz CT molecular complexity index is 991. The predicted octanol–water partition coefficient (Wildman–Crippen LogP) is 4.27. The molecule has 0 bridgehead atoms. The van der Waals surface area contributed by atoms with Gasteiger partial charge in [-0.3, -0.25) is 0 Å². The van der Waals surface area contributed by atoms with Crippen LogP contribution in [0.4, 0.5) is 28.0 Å². The van der Waals surface area contributed by atoms with Crippen LogP contribution in [0.2, 0.25) is 0 Å². The van der Waals surface area contributed by atoms with Gasteiger partial charge in [0.25, 0.3) is 0 Å². The number of nitrogens with zero attached hydrogens (tertiary/aromatic N) is 2. The molecule has 1 atom stereocenters. The summed E-state index contributed by atoms with van der Waals surface area (Å²) >= 11 is 0. The van der Waals surface area contributed by atoms with Crippen LogP contribution in [0.15, 0.2) is 47.6 Å². The standard InChI is InChI=1S/C19H15F4N3O3/c1-18-9-11-8-12(20)2-7-15(11)16(18)25-26(10-28-18)17(27)24-13-3-5-14(6-4-13)29-19(21,22)23/h2-8H,9-10H2,1H3,(H,24,27). The highest BCUT2D eigenvalue weighted by Gasteiger charge is 2.44. The van der Waals surface area contributed by atoms with E-state index in [1.54, 1.807) is 6.07 Å². The van der Waals surface area contributed by atoms with Crippen molar-refractivity contribution in [2.75, 3.05) is 12.0 Å². The normalized spacial score (nSPS) is 20.6. The number of benzene rings is 2. The molecular weight excluding hydrogens is 394 g/mol. The van der Waals surface area contributed by atoms with Gasteiger partial charge in [0.05, 0.1) is 0 Å². The Kier molecular flexibility index (Phi) is 4.45. The predicted molar refractivity (Wildman–Crippen MR) is 95.0 cm³/mol. The van der Waals surface area contributed by atoms with Gasteiger partial charge in [-0.15, -0.1) is 13.2 Å². The molecule has 0 spiro atoms. The number of fused-ring (bicyclic) bond motifs is 3. The minimum Gasteiger partial charge on any atom is -0.406 e. The minimum absolute atomic E-state index is 0.127. The number of urea groups is 1. The number of carbonyl (C=O) groups excluding carboxylic acids is 1. The van der Waals surface area contributed by atoms with E-state index in [0.717, 1.165) is 22.7 Å². The number of carbonyl (C=O) groups is 1. The molecule has 1 heterocycles. The second kappa shape index (κ2) is 6.73. The van der Waals surface area contributed by atoms with E-state index in [0.29, 0.717) is 17.7 Å². The molecule has 6 nitrogen and oxygen atoms in total. The highest BCUT2D eigenvalue weighted by Crippen LogP contribution is 2.36. The molecule has 1 aliphatic carbocycles. The van der Waals surface area contributed by atoms with Gasteiger partial charge in [0, 0.05) is 17.7 Å². The number of alkyl halides is 3. The number of hydrogen-bond acceptors (Lipinski definition) is 4. The molecule has 2 aromatic rings. The lowest BCUT2D eigenvalue weighted by molar-refractivity contribution is -0.274. The first-order valence-electron chi connectivity index (χ1n) is 8.59. The first-order valence-corrected chi connectivity index (χ1v) is 8.59. The monoisotopic (exact) mass is 409 g/mol. The summed E-state index contributed by atoms with van der Waals surface area (Å²) in [5.74, 6) is -0.762. The fourth-order valence-corrected chi connectivity index (χ4v) is 3.34. The van der Waals surface area contributed by atoms with Gasteiger partial charge in [-0.2, -0.15) is 10.1 Å². The van der Waals surface area contributed by atoms with Crippen molar-refractivity contribution >= 4 is 17.4 Å². The summed E-state index contributed by atoms with van der Waals surface area (Å²) in [6.45, 7) is 1.69.